The quantitative estimate of drug-likeness (QED) is 0.821. The minimum atomic E-state index is -0.347. The van der Waals surface area contributed by atoms with Crippen molar-refractivity contribution in [1.82, 2.24) is 5.32 Å². The second kappa shape index (κ2) is 6.22. The maximum absolute atomic E-state index is 9.17. The number of thiophene rings is 1. The Balaban J connectivity index is 2.24. The largest absolute Gasteiger partial charge is 0.491 e. The van der Waals surface area contributed by atoms with E-state index in [0.29, 0.717) is 6.54 Å². The number of rotatable bonds is 5. The SMILES string of the molecule is CNCC(=Cc1csc(CO)c1)B1OC(C)(C)C(C)(C)O1. The average molecular weight is 309 g/mol. The molecule has 1 aliphatic heterocycles. The molecule has 0 unspecified atom stereocenters. The molecular weight excluding hydrogens is 285 g/mol. The highest BCUT2D eigenvalue weighted by Gasteiger charge is 2.52. The molecule has 6 heteroatoms. The van der Waals surface area contributed by atoms with Gasteiger partial charge < -0.3 is 19.7 Å². The highest BCUT2D eigenvalue weighted by molar-refractivity contribution is 7.10. The zero-order valence-electron chi connectivity index (χ0n) is 13.4. The van der Waals surface area contributed by atoms with E-state index in [0.717, 1.165) is 15.9 Å². The van der Waals surface area contributed by atoms with Gasteiger partial charge >= 0.3 is 7.12 Å². The normalized spacial score (nSPS) is 21.0. The second-order valence-corrected chi connectivity index (χ2v) is 7.34. The lowest BCUT2D eigenvalue weighted by molar-refractivity contribution is 0.00578. The molecule has 0 aliphatic carbocycles. The molecule has 0 radical (unpaired) electrons. The highest BCUT2D eigenvalue weighted by Crippen LogP contribution is 2.38. The van der Waals surface area contributed by atoms with Gasteiger partial charge in [0.15, 0.2) is 0 Å². The number of nitrogens with one attached hydrogen (secondary N) is 1. The molecule has 116 valence electrons. The summed E-state index contributed by atoms with van der Waals surface area (Å²) in [6, 6.07) is 1.99. The molecule has 0 amide bonds. The Bertz CT molecular complexity index is 509. The van der Waals surface area contributed by atoms with Crippen LogP contribution >= 0.6 is 11.3 Å². The van der Waals surface area contributed by atoms with Crippen LogP contribution in [0.2, 0.25) is 0 Å². The van der Waals surface area contributed by atoms with Crippen LogP contribution in [0.3, 0.4) is 0 Å². The fraction of sp³-hybridized carbons (Fsp3) is 0.600. The number of likely N-dealkylation sites (N-methyl/N-ethyl adjacent to an activating group) is 1. The summed E-state index contributed by atoms with van der Waals surface area (Å²) in [5.41, 5.74) is 1.45. The Hall–Kier alpha value is -0.655. The first kappa shape index (κ1) is 16.7. The molecule has 4 nitrogen and oxygen atoms in total. The predicted molar refractivity (Wildman–Crippen MR) is 88.2 cm³/mol. The molecule has 0 aromatic carbocycles. The second-order valence-electron chi connectivity index (χ2n) is 6.34. The van der Waals surface area contributed by atoms with Crippen LogP contribution in [0.1, 0.15) is 38.1 Å². The zero-order chi connectivity index (χ0) is 15.7. The summed E-state index contributed by atoms with van der Waals surface area (Å²) in [4.78, 5) is 0.957. The molecular formula is C15H24BNO3S. The van der Waals surface area contributed by atoms with Crippen LogP contribution in [0.15, 0.2) is 16.9 Å². The van der Waals surface area contributed by atoms with Gasteiger partial charge in [0.1, 0.15) is 0 Å². The first-order valence-electron chi connectivity index (χ1n) is 7.18. The van der Waals surface area contributed by atoms with E-state index in [1.165, 1.54) is 0 Å². The van der Waals surface area contributed by atoms with E-state index < -0.39 is 0 Å². The van der Waals surface area contributed by atoms with Gasteiger partial charge in [-0.1, -0.05) is 6.08 Å². The van der Waals surface area contributed by atoms with Crippen LogP contribution in [0.4, 0.5) is 0 Å². The summed E-state index contributed by atoms with van der Waals surface area (Å²) in [6.07, 6.45) is 2.08. The Kier molecular flexibility index (Phi) is 4.95. The Morgan fingerprint density at radius 2 is 1.95 bits per heavy atom. The molecule has 1 aromatic heterocycles. The molecule has 2 rings (SSSR count). The Morgan fingerprint density at radius 1 is 1.33 bits per heavy atom. The molecule has 21 heavy (non-hydrogen) atoms. The van der Waals surface area contributed by atoms with Crippen molar-refractivity contribution in [2.24, 2.45) is 0 Å². The van der Waals surface area contributed by atoms with Crippen LogP contribution in [0.5, 0.6) is 0 Å². The number of aliphatic hydroxyl groups is 1. The summed E-state index contributed by atoms with van der Waals surface area (Å²) >= 11 is 1.56. The Labute approximate surface area is 131 Å². The number of aliphatic hydroxyl groups excluding tert-OH is 1. The summed E-state index contributed by atoms with van der Waals surface area (Å²) in [7, 11) is 1.56. The van der Waals surface area contributed by atoms with Crippen molar-refractivity contribution in [2.45, 2.75) is 45.5 Å². The molecule has 0 bridgehead atoms. The number of hydrogen-bond acceptors (Lipinski definition) is 5. The standard InChI is InChI=1S/C15H24BNO3S/c1-14(2)15(3,4)20-16(19-14)12(8-17-5)6-11-7-13(9-18)21-10-11/h6-7,10,17-18H,8-9H2,1-5H3. The lowest BCUT2D eigenvalue weighted by Gasteiger charge is -2.32. The van der Waals surface area contributed by atoms with Crippen molar-refractivity contribution in [2.75, 3.05) is 13.6 Å². The maximum Gasteiger partial charge on any atom is 0.491 e. The van der Waals surface area contributed by atoms with E-state index in [1.54, 1.807) is 11.3 Å². The molecule has 0 atom stereocenters. The monoisotopic (exact) mass is 309 g/mol. The minimum absolute atomic E-state index is 0.0797. The van der Waals surface area contributed by atoms with Crippen LogP contribution in [-0.4, -0.2) is 37.0 Å². The van der Waals surface area contributed by atoms with Gasteiger partial charge in [0.05, 0.1) is 17.8 Å². The van der Waals surface area contributed by atoms with Gasteiger partial charge in [0.2, 0.25) is 0 Å². The lowest BCUT2D eigenvalue weighted by Crippen LogP contribution is -2.41. The third kappa shape index (κ3) is 3.58. The Morgan fingerprint density at radius 3 is 2.43 bits per heavy atom. The van der Waals surface area contributed by atoms with Gasteiger partial charge in [-0.15, -0.1) is 11.3 Å². The third-order valence-corrected chi connectivity index (χ3v) is 5.06. The highest BCUT2D eigenvalue weighted by atomic mass is 32.1. The van der Waals surface area contributed by atoms with E-state index in [4.69, 9.17) is 14.4 Å². The first-order valence-corrected chi connectivity index (χ1v) is 8.06. The van der Waals surface area contributed by atoms with E-state index in [9.17, 15) is 0 Å². The summed E-state index contributed by atoms with van der Waals surface area (Å²) < 4.78 is 12.2. The summed E-state index contributed by atoms with van der Waals surface area (Å²) in [5.74, 6) is 0. The molecule has 0 spiro atoms. The van der Waals surface area contributed by atoms with E-state index >= 15 is 0 Å². The molecule has 1 fully saturated rings. The van der Waals surface area contributed by atoms with E-state index in [-0.39, 0.29) is 24.9 Å². The van der Waals surface area contributed by atoms with Crippen LogP contribution in [0.25, 0.3) is 6.08 Å². The number of hydrogen-bond donors (Lipinski definition) is 2. The van der Waals surface area contributed by atoms with Crippen LogP contribution < -0.4 is 5.32 Å². The average Bonchev–Trinajstić information content (AvgIpc) is 2.92. The molecule has 2 N–H and O–H groups in total. The van der Waals surface area contributed by atoms with Gasteiger partial charge in [0, 0.05) is 11.4 Å². The summed E-state index contributed by atoms with van der Waals surface area (Å²) in [6.45, 7) is 8.99. The topological polar surface area (TPSA) is 50.7 Å². The van der Waals surface area contributed by atoms with Crippen molar-refractivity contribution < 1.29 is 14.4 Å². The van der Waals surface area contributed by atoms with E-state index in [1.807, 2.05) is 18.5 Å². The van der Waals surface area contributed by atoms with Gasteiger partial charge in [-0.2, -0.15) is 0 Å². The van der Waals surface area contributed by atoms with Crippen molar-refractivity contribution in [3.63, 3.8) is 0 Å². The fourth-order valence-electron chi connectivity index (χ4n) is 2.17. The summed E-state index contributed by atoms with van der Waals surface area (Å²) in [5, 5.41) is 14.4. The van der Waals surface area contributed by atoms with Crippen molar-refractivity contribution >= 4 is 24.5 Å². The minimum Gasteiger partial charge on any atom is -0.400 e. The molecule has 1 aromatic rings. The first-order chi connectivity index (χ1) is 9.79. The predicted octanol–water partition coefficient (Wildman–Crippen LogP) is 2.47. The van der Waals surface area contributed by atoms with Gasteiger partial charge in [-0.3, -0.25) is 0 Å². The van der Waals surface area contributed by atoms with Gasteiger partial charge in [-0.05, 0) is 57.2 Å². The molecule has 1 saturated heterocycles. The maximum atomic E-state index is 9.17. The smallest absolute Gasteiger partial charge is 0.400 e. The van der Waals surface area contributed by atoms with Crippen LogP contribution in [0, 0.1) is 0 Å². The zero-order valence-corrected chi connectivity index (χ0v) is 14.2. The van der Waals surface area contributed by atoms with Crippen LogP contribution in [-0.2, 0) is 15.9 Å². The van der Waals surface area contributed by atoms with E-state index in [2.05, 4.69) is 39.1 Å². The third-order valence-electron chi connectivity index (χ3n) is 4.12. The van der Waals surface area contributed by atoms with Crippen molar-refractivity contribution in [3.05, 3.63) is 27.4 Å². The van der Waals surface area contributed by atoms with Gasteiger partial charge in [-0.25, -0.2) is 0 Å². The fourth-order valence-corrected chi connectivity index (χ4v) is 2.87. The van der Waals surface area contributed by atoms with Crippen molar-refractivity contribution in [1.29, 1.82) is 0 Å². The van der Waals surface area contributed by atoms with Crippen molar-refractivity contribution in [3.8, 4) is 0 Å². The van der Waals surface area contributed by atoms with Gasteiger partial charge in [0.25, 0.3) is 0 Å². The molecule has 2 heterocycles. The molecule has 1 aliphatic rings. The molecule has 0 saturated carbocycles. The lowest BCUT2D eigenvalue weighted by atomic mass is 9.77.